The summed E-state index contributed by atoms with van der Waals surface area (Å²) < 4.78 is 26.7. The zero-order valence-corrected chi connectivity index (χ0v) is 17.8. The summed E-state index contributed by atoms with van der Waals surface area (Å²) >= 11 is 0. The Kier molecular flexibility index (Phi) is 6.75. The molecular weight excluding hydrogens is 423 g/mol. The van der Waals surface area contributed by atoms with Gasteiger partial charge in [-0.25, -0.2) is 9.07 Å². The quantitative estimate of drug-likeness (QED) is 0.404. The maximum absolute atomic E-state index is 14.3. The van der Waals surface area contributed by atoms with Crippen molar-refractivity contribution in [2.24, 2.45) is 0 Å². The molecule has 0 aliphatic carbocycles. The van der Waals surface area contributed by atoms with Gasteiger partial charge in [-0.05, 0) is 66.2 Å². The first-order valence-electron chi connectivity index (χ1n) is 10.1. The zero-order chi connectivity index (χ0) is 23.0. The van der Waals surface area contributed by atoms with Crippen LogP contribution >= 0.6 is 0 Å². The van der Waals surface area contributed by atoms with Gasteiger partial charge < -0.3 is 14.8 Å². The minimum absolute atomic E-state index is 0.0806. The van der Waals surface area contributed by atoms with Gasteiger partial charge in [0, 0.05) is 18.5 Å². The van der Waals surface area contributed by atoms with E-state index in [1.54, 1.807) is 36.2 Å². The Labute approximate surface area is 190 Å². The Morgan fingerprint density at radius 3 is 2.70 bits per heavy atom. The van der Waals surface area contributed by atoms with E-state index >= 15 is 0 Å². The summed E-state index contributed by atoms with van der Waals surface area (Å²) in [6.45, 7) is 0.262. The number of pyridine rings is 1. The van der Waals surface area contributed by atoms with E-state index in [1.807, 2.05) is 36.5 Å². The molecule has 2 heterocycles. The number of hydrogen-bond donors (Lipinski definition) is 1. The Balaban J connectivity index is 1.31. The molecule has 0 saturated carbocycles. The van der Waals surface area contributed by atoms with Crippen LogP contribution in [0.25, 0.3) is 11.8 Å². The number of rotatable bonds is 8. The maximum atomic E-state index is 14.3. The normalized spacial score (nSPS) is 10.8. The van der Waals surface area contributed by atoms with Crippen LogP contribution in [-0.2, 0) is 11.3 Å². The third-order valence-corrected chi connectivity index (χ3v) is 4.67. The average molecular weight is 444 g/mol. The van der Waals surface area contributed by atoms with Gasteiger partial charge in [0.05, 0.1) is 31.2 Å². The lowest BCUT2D eigenvalue weighted by Gasteiger charge is -2.06. The first-order valence-corrected chi connectivity index (χ1v) is 10.1. The Hall–Kier alpha value is -4.46. The number of amides is 1. The van der Waals surface area contributed by atoms with E-state index in [-0.39, 0.29) is 18.2 Å². The summed E-state index contributed by atoms with van der Waals surface area (Å²) in [7, 11) is 1.61. The summed E-state index contributed by atoms with van der Waals surface area (Å²) in [6, 6.07) is 17.2. The molecule has 7 nitrogen and oxygen atoms in total. The SMILES string of the molecule is COc1ccc(-n2ccc(CNC(=O)/C=C/c3ccc(Oc4cccnc4)c(F)c3)n2)cc1. The fourth-order valence-corrected chi connectivity index (χ4v) is 2.98. The van der Waals surface area contributed by atoms with Crippen LogP contribution in [0.4, 0.5) is 4.39 Å². The number of nitrogens with zero attached hydrogens (tertiary/aromatic N) is 3. The topological polar surface area (TPSA) is 78.3 Å². The molecule has 4 aromatic rings. The van der Waals surface area contributed by atoms with E-state index in [0.717, 1.165) is 11.4 Å². The predicted octanol–water partition coefficient (Wildman–Crippen LogP) is 4.54. The van der Waals surface area contributed by atoms with Crippen molar-refractivity contribution >= 4 is 12.0 Å². The summed E-state index contributed by atoms with van der Waals surface area (Å²) in [4.78, 5) is 16.1. The number of hydrogen-bond acceptors (Lipinski definition) is 5. The average Bonchev–Trinajstić information content (AvgIpc) is 3.33. The van der Waals surface area contributed by atoms with Gasteiger partial charge in [0.15, 0.2) is 11.6 Å². The second kappa shape index (κ2) is 10.2. The van der Waals surface area contributed by atoms with Crippen molar-refractivity contribution in [1.82, 2.24) is 20.1 Å². The Morgan fingerprint density at radius 1 is 1.12 bits per heavy atom. The van der Waals surface area contributed by atoms with Gasteiger partial charge >= 0.3 is 0 Å². The highest BCUT2D eigenvalue weighted by molar-refractivity contribution is 5.91. The van der Waals surface area contributed by atoms with Crippen LogP contribution < -0.4 is 14.8 Å². The molecule has 0 bridgehead atoms. The molecule has 0 fully saturated rings. The standard InChI is InChI=1S/C25H21FN4O3/c1-32-21-8-6-20(7-9-21)30-14-12-19(29-30)16-28-25(31)11-5-18-4-10-24(23(26)15-18)33-22-3-2-13-27-17-22/h2-15,17H,16H2,1H3,(H,28,31)/b11-5+. The number of nitrogens with one attached hydrogen (secondary N) is 1. The van der Waals surface area contributed by atoms with Crippen LogP contribution in [-0.4, -0.2) is 27.8 Å². The van der Waals surface area contributed by atoms with Crippen LogP contribution in [0.1, 0.15) is 11.3 Å². The Morgan fingerprint density at radius 2 is 1.97 bits per heavy atom. The first-order chi connectivity index (χ1) is 16.1. The van der Waals surface area contributed by atoms with Crippen LogP contribution in [0.5, 0.6) is 17.2 Å². The van der Waals surface area contributed by atoms with E-state index in [0.29, 0.717) is 17.0 Å². The molecular formula is C25H21FN4O3. The summed E-state index contributed by atoms with van der Waals surface area (Å²) in [6.07, 6.45) is 7.79. The summed E-state index contributed by atoms with van der Waals surface area (Å²) in [5, 5.41) is 7.21. The van der Waals surface area contributed by atoms with E-state index < -0.39 is 5.82 Å². The fraction of sp³-hybridized carbons (Fsp3) is 0.0800. The lowest BCUT2D eigenvalue weighted by atomic mass is 10.2. The highest BCUT2D eigenvalue weighted by Crippen LogP contribution is 2.24. The van der Waals surface area contributed by atoms with Crippen molar-refractivity contribution in [1.29, 1.82) is 0 Å². The zero-order valence-electron chi connectivity index (χ0n) is 17.8. The first kappa shape index (κ1) is 21.8. The molecule has 1 N–H and O–H groups in total. The van der Waals surface area contributed by atoms with Crippen molar-refractivity contribution in [3.05, 3.63) is 102 Å². The van der Waals surface area contributed by atoms with E-state index in [9.17, 15) is 9.18 Å². The van der Waals surface area contributed by atoms with Crippen molar-refractivity contribution in [3.8, 4) is 22.9 Å². The van der Waals surface area contributed by atoms with Gasteiger partial charge in [0.25, 0.3) is 0 Å². The van der Waals surface area contributed by atoms with Gasteiger partial charge in [0.1, 0.15) is 11.5 Å². The van der Waals surface area contributed by atoms with E-state index in [2.05, 4.69) is 15.4 Å². The summed E-state index contributed by atoms with van der Waals surface area (Å²) in [5.41, 5.74) is 2.12. The fourth-order valence-electron chi connectivity index (χ4n) is 2.98. The Bertz CT molecular complexity index is 1250. The third kappa shape index (κ3) is 5.82. The monoisotopic (exact) mass is 444 g/mol. The van der Waals surface area contributed by atoms with Gasteiger partial charge in [-0.3, -0.25) is 9.78 Å². The highest BCUT2D eigenvalue weighted by Gasteiger charge is 2.06. The molecule has 8 heteroatoms. The lowest BCUT2D eigenvalue weighted by Crippen LogP contribution is -2.20. The van der Waals surface area contributed by atoms with Crippen molar-refractivity contribution in [2.75, 3.05) is 7.11 Å². The second-order valence-electron chi connectivity index (χ2n) is 6.98. The molecule has 0 radical (unpaired) electrons. The van der Waals surface area contributed by atoms with E-state index in [4.69, 9.17) is 9.47 Å². The molecule has 0 aliphatic rings. The molecule has 0 saturated heterocycles. The molecule has 33 heavy (non-hydrogen) atoms. The number of carbonyl (C=O) groups excluding carboxylic acids is 1. The van der Waals surface area contributed by atoms with Crippen LogP contribution in [0, 0.1) is 5.82 Å². The molecule has 166 valence electrons. The van der Waals surface area contributed by atoms with Crippen molar-refractivity contribution < 1.29 is 18.7 Å². The largest absolute Gasteiger partial charge is 0.497 e. The van der Waals surface area contributed by atoms with Gasteiger partial charge in [0.2, 0.25) is 5.91 Å². The molecule has 2 aromatic heterocycles. The smallest absolute Gasteiger partial charge is 0.244 e. The molecule has 2 aromatic carbocycles. The molecule has 0 atom stereocenters. The third-order valence-electron chi connectivity index (χ3n) is 4.67. The minimum Gasteiger partial charge on any atom is -0.497 e. The molecule has 4 rings (SSSR count). The summed E-state index contributed by atoms with van der Waals surface area (Å²) in [5.74, 6) is 0.432. The molecule has 0 unspecified atom stereocenters. The number of aromatic nitrogens is 3. The molecule has 1 amide bonds. The van der Waals surface area contributed by atoms with Crippen molar-refractivity contribution in [3.63, 3.8) is 0 Å². The van der Waals surface area contributed by atoms with Crippen molar-refractivity contribution in [2.45, 2.75) is 6.54 Å². The van der Waals surface area contributed by atoms with Gasteiger partial charge in [-0.1, -0.05) is 6.07 Å². The van der Waals surface area contributed by atoms with Crippen LogP contribution in [0.2, 0.25) is 0 Å². The molecule has 0 aliphatic heterocycles. The van der Waals surface area contributed by atoms with Gasteiger partial charge in [-0.2, -0.15) is 5.10 Å². The number of benzene rings is 2. The number of ether oxygens (including phenoxy) is 2. The minimum atomic E-state index is -0.537. The second-order valence-corrected chi connectivity index (χ2v) is 6.98. The number of carbonyl (C=O) groups is 1. The van der Waals surface area contributed by atoms with Crippen LogP contribution in [0.3, 0.4) is 0 Å². The van der Waals surface area contributed by atoms with E-state index in [1.165, 1.54) is 30.5 Å². The number of halogens is 1. The maximum Gasteiger partial charge on any atom is 0.244 e. The van der Waals surface area contributed by atoms with Gasteiger partial charge in [-0.15, -0.1) is 0 Å². The van der Waals surface area contributed by atoms with Crippen LogP contribution in [0.15, 0.2) is 85.3 Å². The lowest BCUT2D eigenvalue weighted by molar-refractivity contribution is -0.116. The predicted molar refractivity (Wildman–Crippen MR) is 122 cm³/mol. The highest BCUT2D eigenvalue weighted by atomic mass is 19.1. The molecule has 0 spiro atoms. The number of methoxy groups -OCH3 is 1.